The van der Waals surface area contributed by atoms with Gasteiger partial charge in [-0.25, -0.2) is 4.39 Å². The Morgan fingerprint density at radius 1 is 1.54 bits per heavy atom. The first-order valence-corrected chi connectivity index (χ1v) is 4.18. The molecule has 0 spiro atoms. The average molecular weight is 183 g/mol. The first kappa shape index (κ1) is 10.2. The maximum absolute atomic E-state index is 13.3. The molecule has 2 N–H and O–H groups in total. The van der Waals surface area contributed by atoms with Gasteiger partial charge in [0.1, 0.15) is 5.82 Å². The molecule has 0 bridgehead atoms. The lowest BCUT2D eigenvalue weighted by molar-refractivity contribution is 0.184. The molecule has 0 aliphatic carbocycles. The Bertz CT molecular complexity index is 286. The predicted molar refractivity (Wildman–Crippen MR) is 49.7 cm³/mol. The van der Waals surface area contributed by atoms with Gasteiger partial charge in [0.05, 0.1) is 6.61 Å². The molecule has 0 aliphatic rings. The SMILES string of the molecule is COCc1ccc(C(C)N)c(F)c1. The summed E-state index contributed by atoms with van der Waals surface area (Å²) in [5, 5.41) is 0. The van der Waals surface area contributed by atoms with Crippen LogP contribution in [0.2, 0.25) is 0 Å². The largest absolute Gasteiger partial charge is 0.380 e. The van der Waals surface area contributed by atoms with Crippen LogP contribution >= 0.6 is 0 Å². The lowest BCUT2D eigenvalue weighted by atomic mass is 10.1. The zero-order chi connectivity index (χ0) is 9.84. The van der Waals surface area contributed by atoms with E-state index in [0.717, 1.165) is 5.56 Å². The molecule has 1 aromatic carbocycles. The van der Waals surface area contributed by atoms with Gasteiger partial charge in [-0.3, -0.25) is 0 Å². The molecule has 0 radical (unpaired) electrons. The summed E-state index contributed by atoms with van der Waals surface area (Å²) in [5.74, 6) is -0.260. The van der Waals surface area contributed by atoms with Gasteiger partial charge in [0.15, 0.2) is 0 Å². The van der Waals surface area contributed by atoms with Gasteiger partial charge < -0.3 is 10.5 Å². The molecule has 13 heavy (non-hydrogen) atoms. The summed E-state index contributed by atoms with van der Waals surface area (Å²) in [4.78, 5) is 0. The first-order valence-electron chi connectivity index (χ1n) is 4.18. The molecule has 0 aromatic heterocycles. The number of ether oxygens (including phenoxy) is 1. The van der Waals surface area contributed by atoms with E-state index >= 15 is 0 Å². The molecule has 0 saturated heterocycles. The molecule has 3 heteroatoms. The van der Waals surface area contributed by atoms with Crippen molar-refractivity contribution in [3.05, 3.63) is 35.1 Å². The molecule has 1 atom stereocenters. The van der Waals surface area contributed by atoms with E-state index in [-0.39, 0.29) is 11.9 Å². The summed E-state index contributed by atoms with van der Waals surface area (Å²) in [5.41, 5.74) is 6.93. The number of methoxy groups -OCH3 is 1. The van der Waals surface area contributed by atoms with E-state index in [1.807, 2.05) is 6.07 Å². The summed E-state index contributed by atoms with van der Waals surface area (Å²) in [7, 11) is 1.58. The van der Waals surface area contributed by atoms with Gasteiger partial charge in [0, 0.05) is 18.7 Å². The van der Waals surface area contributed by atoms with Gasteiger partial charge in [0.2, 0.25) is 0 Å². The fraction of sp³-hybridized carbons (Fsp3) is 0.400. The molecule has 1 aromatic rings. The average Bonchev–Trinajstić information content (AvgIpc) is 2.04. The number of hydrogen-bond donors (Lipinski definition) is 1. The van der Waals surface area contributed by atoms with E-state index in [1.165, 1.54) is 6.07 Å². The Morgan fingerprint density at radius 3 is 2.69 bits per heavy atom. The summed E-state index contributed by atoms with van der Waals surface area (Å²) < 4.78 is 18.2. The van der Waals surface area contributed by atoms with Crippen molar-refractivity contribution in [3.63, 3.8) is 0 Å². The third kappa shape index (κ3) is 2.50. The quantitative estimate of drug-likeness (QED) is 0.777. The summed E-state index contributed by atoms with van der Waals surface area (Å²) in [6.45, 7) is 2.19. The van der Waals surface area contributed by atoms with Crippen LogP contribution in [0.3, 0.4) is 0 Å². The molecule has 0 amide bonds. The molecule has 0 aliphatic heterocycles. The van der Waals surface area contributed by atoms with Crippen LogP contribution in [-0.4, -0.2) is 7.11 Å². The maximum Gasteiger partial charge on any atom is 0.128 e. The van der Waals surface area contributed by atoms with E-state index in [4.69, 9.17) is 10.5 Å². The lowest BCUT2D eigenvalue weighted by Gasteiger charge is -2.08. The minimum Gasteiger partial charge on any atom is -0.380 e. The Hall–Kier alpha value is -0.930. The molecular formula is C10H14FNO. The van der Waals surface area contributed by atoms with E-state index in [1.54, 1.807) is 20.1 Å². The van der Waals surface area contributed by atoms with Crippen LogP contribution in [0, 0.1) is 5.82 Å². The normalized spacial score (nSPS) is 12.9. The van der Waals surface area contributed by atoms with Crippen LogP contribution in [0.4, 0.5) is 4.39 Å². The van der Waals surface area contributed by atoms with Gasteiger partial charge >= 0.3 is 0 Å². The summed E-state index contributed by atoms with van der Waals surface area (Å²) in [6, 6.07) is 4.72. The minimum atomic E-state index is -0.267. The number of benzene rings is 1. The van der Waals surface area contributed by atoms with Gasteiger partial charge in [-0.15, -0.1) is 0 Å². The van der Waals surface area contributed by atoms with Gasteiger partial charge in [-0.05, 0) is 18.6 Å². The molecule has 2 nitrogen and oxygen atoms in total. The van der Waals surface area contributed by atoms with Gasteiger partial charge in [-0.2, -0.15) is 0 Å². The standard InChI is InChI=1S/C10H14FNO/c1-7(12)9-4-3-8(6-13-2)5-10(9)11/h3-5,7H,6,12H2,1-2H3. The van der Waals surface area contributed by atoms with E-state index < -0.39 is 0 Å². The number of nitrogens with two attached hydrogens (primary N) is 1. The smallest absolute Gasteiger partial charge is 0.128 e. The monoisotopic (exact) mass is 183 g/mol. The highest BCUT2D eigenvalue weighted by Crippen LogP contribution is 2.16. The van der Waals surface area contributed by atoms with Crippen molar-refractivity contribution in [2.75, 3.05) is 7.11 Å². The highest BCUT2D eigenvalue weighted by atomic mass is 19.1. The fourth-order valence-electron chi connectivity index (χ4n) is 1.20. The predicted octanol–water partition coefficient (Wildman–Crippen LogP) is 1.99. The third-order valence-electron chi connectivity index (χ3n) is 1.87. The van der Waals surface area contributed by atoms with E-state index in [2.05, 4.69) is 0 Å². The zero-order valence-corrected chi connectivity index (χ0v) is 7.88. The second-order valence-corrected chi connectivity index (χ2v) is 3.08. The van der Waals surface area contributed by atoms with Crippen molar-refractivity contribution in [1.82, 2.24) is 0 Å². The number of hydrogen-bond acceptors (Lipinski definition) is 2. The van der Waals surface area contributed by atoms with Crippen molar-refractivity contribution in [2.45, 2.75) is 19.6 Å². The van der Waals surface area contributed by atoms with Crippen LogP contribution in [0.5, 0.6) is 0 Å². The number of halogens is 1. The van der Waals surface area contributed by atoms with Crippen molar-refractivity contribution in [3.8, 4) is 0 Å². The Kier molecular flexibility index (Phi) is 3.39. The third-order valence-corrected chi connectivity index (χ3v) is 1.87. The van der Waals surface area contributed by atoms with E-state index in [9.17, 15) is 4.39 Å². The highest BCUT2D eigenvalue weighted by Gasteiger charge is 2.06. The zero-order valence-electron chi connectivity index (χ0n) is 7.88. The molecule has 0 fully saturated rings. The Labute approximate surface area is 77.5 Å². The minimum absolute atomic E-state index is 0.260. The second-order valence-electron chi connectivity index (χ2n) is 3.08. The number of rotatable bonds is 3. The lowest BCUT2D eigenvalue weighted by Crippen LogP contribution is -2.07. The van der Waals surface area contributed by atoms with E-state index in [0.29, 0.717) is 12.2 Å². The van der Waals surface area contributed by atoms with Crippen LogP contribution in [0.1, 0.15) is 24.1 Å². The highest BCUT2D eigenvalue weighted by molar-refractivity contribution is 5.25. The van der Waals surface area contributed by atoms with Crippen molar-refractivity contribution < 1.29 is 9.13 Å². The molecule has 72 valence electrons. The molecule has 1 unspecified atom stereocenters. The molecule has 0 saturated carbocycles. The topological polar surface area (TPSA) is 35.2 Å². The van der Waals surface area contributed by atoms with Crippen molar-refractivity contribution in [1.29, 1.82) is 0 Å². The molecular weight excluding hydrogens is 169 g/mol. The maximum atomic E-state index is 13.3. The van der Waals surface area contributed by atoms with Crippen molar-refractivity contribution >= 4 is 0 Å². The molecule has 1 rings (SSSR count). The molecule has 0 heterocycles. The van der Waals surface area contributed by atoms with Gasteiger partial charge in [-0.1, -0.05) is 12.1 Å². The van der Waals surface area contributed by atoms with Crippen LogP contribution in [0.15, 0.2) is 18.2 Å². The first-order chi connectivity index (χ1) is 6.15. The van der Waals surface area contributed by atoms with Gasteiger partial charge in [0.25, 0.3) is 0 Å². The van der Waals surface area contributed by atoms with Crippen LogP contribution in [0.25, 0.3) is 0 Å². The summed E-state index contributed by atoms with van der Waals surface area (Å²) in [6.07, 6.45) is 0. The second kappa shape index (κ2) is 4.35. The Morgan fingerprint density at radius 2 is 2.23 bits per heavy atom. The Balaban J connectivity index is 2.92. The van der Waals surface area contributed by atoms with Crippen LogP contribution in [-0.2, 0) is 11.3 Å². The fourth-order valence-corrected chi connectivity index (χ4v) is 1.20. The van der Waals surface area contributed by atoms with Crippen molar-refractivity contribution in [2.24, 2.45) is 5.73 Å². The van der Waals surface area contributed by atoms with Crippen LogP contribution < -0.4 is 5.73 Å². The summed E-state index contributed by atoms with van der Waals surface area (Å²) >= 11 is 0.